The Bertz CT molecular complexity index is 976. The minimum absolute atomic E-state index is 0.0983. The van der Waals surface area contributed by atoms with E-state index in [0.29, 0.717) is 28.7 Å². The molecule has 1 aliphatic rings. The number of amides is 1. The Balaban J connectivity index is 1.32. The van der Waals surface area contributed by atoms with Crippen LogP contribution in [-0.4, -0.2) is 17.7 Å². The van der Waals surface area contributed by atoms with Crippen LogP contribution in [0.15, 0.2) is 47.8 Å². The molecule has 0 spiro atoms. The summed E-state index contributed by atoms with van der Waals surface area (Å²) in [5.41, 5.74) is 1.19. The van der Waals surface area contributed by atoms with E-state index in [4.69, 9.17) is 14.2 Å². The number of nitrogens with one attached hydrogen (secondary N) is 1. The molecule has 3 aromatic rings. The normalized spacial score (nSPS) is 12.0. The number of ether oxygens (including phenoxy) is 3. The third kappa shape index (κ3) is 4.01. The molecule has 0 bridgehead atoms. The fraction of sp³-hybridized carbons (Fsp3) is 0.158. The van der Waals surface area contributed by atoms with Crippen molar-refractivity contribution in [2.24, 2.45) is 0 Å². The summed E-state index contributed by atoms with van der Waals surface area (Å²) in [7, 11) is 0. The van der Waals surface area contributed by atoms with Gasteiger partial charge in [0.25, 0.3) is 5.91 Å². The van der Waals surface area contributed by atoms with Crippen LogP contribution < -0.4 is 19.5 Å². The van der Waals surface area contributed by atoms with Crippen molar-refractivity contribution >= 4 is 17.2 Å². The average molecular weight is 386 g/mol. The molecule has 0 atom stereocenters. The van der Waals surface area contributed by atoms with Crippen molar-refractivity contribution in [3.8, 4) is 17.2 Å². The molecule has 4 rings (SSSR count). The summed E-state index contributed by atoms with van der Waals surface area (Å²) < 4.78 is 29.5. The van der Waals surface area contributed by atoms with Gasteiger partial charge in [-0.25, -0.2) is 9.37 Å². The molecule has 0 saturated heterocycles. The van der Waals surface area contributed by atoms with Gasteiger partial charge in [-0.3, -0.25) is 4.79 Å². The lowest BCUT2D eigenvalue weighted by Crippen LogP contribution is -2.23. The van der Waals surface area contributed by atoms with Gasteiger partial charge in [-0.05, 0) is 29.8 Å². The lowest BCUT2D eigenvalue weighted by molar-refractivity contribution is 0.0946. The molecule has 138 valence electrons. The Labute approximate surface area is 158 Å². The van der Waals surface area contributed by atoms with E-state index < -0.39 is 5.82 Å². The summed E-state index contributed by atoms with van der Waals surface area (Å²) in [5.74, 6) is 0.797. The number of fused-ring (bicyclic) bond motifs is 1. The van der Waals surface area contributed by atoms with Gasteiger partial charge >= 0.3 is 0 Å². The Kier molecular flexibility index (Phi) is 4.88. The number of benzene rings is 2. The van der Waals surface area contributed by atoms with Crippen molar-refractivity contribution in [3.05, 3.63) is 69.9 Å². The summed E-state index contributed by atoms with van der Waals surface area (Å²) in [6.45, 7) is 0.650. The highest BCUT2D eigenvalue weighted by molar-refractivity contribution is 7.09. The van der Waals surface area contributed by atoms with Crippen LogP contribution in [0.3, 0.4) is 0 Å². The van der Waals surface area contributed by atoms with Crippen LogP contribution in [-0.2, 0) is 13.2 Å². The van der Waals surface area contributed by atoms with Gasteiger partial charge in [-0.2, -0.15) is 0 Å². The highest BCUT2D eigenvalue weighted by Crippen LogP contribution is 2.32. The second kappa shape index (κ2) is 7.63. The number of thiazole rings is 1. The van der Waals surface area contributed by atoms with Crippen LogP contribution >= 0.6 is 11.3 Å². The number of nitrogens with zero attached hydrogens (tertiary/aromatic N) is 1. The molecule has 0 unspecified atom stereocenters. The number of hydrogen-bond acceptors (Lipinski definition) is 6. The maximum Gasteiger partial charge on any atom is 0.271 e. The molecule has 0 saturated carbocycles. The fourth-order valence-electron chi connectivity index (χ4n) is 2.51. The van der Waals surface area contributed by atoms with E-state index in [1.165, 1.54) is 17.4 Å². The molecule has 27 heavy (non-hydrogen) atoms. The maximum absolute atomic E-state index is 13.5. The summed E-state index contributed by atoms with van der Waals surface area (Å²) >= 11 is 1.29. The molecule has 1 amide bonds. The van der Waals surface area contributed by atoms with Crippen molar-refractivity contribution < 1.29 is 23.4 Å². The smallest absolute Gasteiger partial charge is 0.271 e. The molecular weight excluding hydrogens is 371 g/mol. The van der Waals surface area contributed by atoms with E-state index >= 15 is 0 Å². The SMILES string of the molecule is O=C(NCc1ccc2c(c1)OCO2)c1csc(COc2ccccc2F)n1. The van der Waals surface area contributed by atoms with E-state index in [9.17, 15) is 9.18 Å². The predicted octanol–water partition coefficient (Wildman–Crippen LogP) is 3.52. The largest absolute Gasteiger partial charge is 0.483 e. The molecule has 8 heteroatoms. The molecule has 2 aromatic carbocycles. The van der Waals surface area contributed by atoms with Crippen molar-refractivity contribution in [1.82, 2.24) is 10.3 Å². The summed E-state index contributed by atoms with van der Waals surface area (Å²) in [5, 5.41) is 5.05. The van der Waals surface area contributed by atoms with E-state index in [1.54, 1.807) is 23.6 Å². The van der Waals surface area contributed by atoms with Gasteiger partial charge in [0.15, 0.2) is 23.1 Å². The Morgan fingerprint density at radius 1 is 1.22 bits per heavy atom. The molecule has 1 aromatic heterocycles. The zero-order chi connectivity index (χ0) is 18.6. The van der Waals surface area contributed by atoms with E-state index in [1.807, 2.05) is 18.2 Å². The van der Waals surface area contributed by atoms with E-state index in [2.05, 4.69) is 10.3 Å². The van der Waals surface area contributed by atoms with Crippen molar-refractivity contribution in [2.45, 2.75) is 13.2 Å². The highest BCUT2D eigenvalue weighted by Gasteiger charge is 2.15. The molecular formula is C19H15FN2O4S. The van der Waals surface area contributed by atoms with Gasteiger partial charge < -0.3 is 19.5 Å². The molecule has 2 heterocycles. The standard InChI is InChI=1S/C19H15FN2O4S/c20-13-3-1-2-4-15(13)24-9-18-22-14(10-27-18)19(23)21-8-12-5-6-16-17(7-12)26-11-25-16/h1-7,10H,8-9,11H2,(H,21,23). The first-order chi connectivity index (χ1) is 13.2. The average Bonchev–Trinajstić information content (AvgIpc) is 3.34. The van der Waals surface area contributed by atoms with Crippen LogP contribution in [0.4, 0.5) is 4.39 Å². The number of carbonyl (C=O) groups is 1. The first kappa shape index (κ1) is 17.3. The van der Waals surface area contributed by atoms with Crippen molar-refractivity contribution in [3.63, 3.8) is 0 Å². The Morgan fingerprint density at radius 2 is 2.07 bits per heavy atom. The summed E-state index contributed by atoms with van der Waals surface area (Å²) in [6, 6.07) is 11.7. The number of rotatable bonds is 6. The molecule has 0 fully saturated rings. The second-order valence-corrected chi connectivity index (χ2v) is 6.66. The lowest BCUT2D eigenvalue weighted by atomic mass is 10.2. The number of aromatic nitrogens is 1. The minimum Gasteiger partial charge on any atom is -0.483 e. The van der Waals surface area contributed by atoms with Gasteiger partial charge in [-0.15, -0.1) is 11.3 Å². The van der Waals surface area contributed by atoms with Gasteiger partial charge in [-0.1, -0.05) is 18.2 Å². The highest BCUT2D eigenvalue weighted by atomic mass is 32.1. The van der Waals surface area contributed by atoms with Crippen molar-refractivity contribution in [1.29, 1.82) is 0 Å². The van der Waals surface area contributed by atoms with E-state index in [-0.39, 0.29) is 25.1 Å². The molecule has 0 radical (unpaired) electrons. The Hall–Kier alpha value is -3.13. The van der Waals surface area contributed by atoms with Gasteiger partial charge in [0, 0.05) is 11.9 Å². The lowest BCUT2D eigenvalue weighted by Gasteiger charge is -2.05. The van der Waals surface area contributed by atoms with Gasteiger partial charge in [0.1, 0.15) is 17.3 Å². The first-order valence-corrected chi connectivity index (χ1v) is 9.05. The summed E-state index contributed by atoms with van der Waals surface area (Å²) in [6.07, 6.45) is 0. The third-order valence-corrected chi connectivity index (χ3v) is 4.68. The number of carbonyl (C=O) groups excluding carboxylic acids is 1. The zero-order valence-corrected chi connectivity index (χ0v) is 14.9. The summed E-state index contributed by atoms with van der Waals surface area (Å²) in [4.78, 5) is 16.5. The second-order valence-electron chi connectivity index (χ2n) is 5.72. The predicted molar refractivity (Wildman–Crippen MR) is 96.6 cm³/mol. The zero-order valence-electron chi connectivity index (χ0n) is 14.1. The van der Waals surface area contributed by atoms with Crippen molar-refractivity contribution in [2.75, 3.05) is 6.79 Å². The molecule has 1 N–H and O–H groups in total. The topological polar surface area (TPSA) is 69.7 Å². The van der Waals surface area contributed by atoms with Crippen LogP contribution in [0, 0.1) is 5.82 Å². The minimum atomic E-state index is -0.434. The Morgan fingerprint density at radius 3 is 2.96 bits per heavy atom. The van der Waals surface area contributed by atoms with Crippen LogP contribution in [0.5, 0.6) is 17.2 Å². The molecule has 1 aliphatic heterocycles. The number of hydrogen-bond donors (Lipinski definition) is 1. The van der Waals surface area contributed by atoms with Crippen LogP contribution in [0.1, 0.15) is 21.1 Å². The van der Waals surface area contributed by atoms with Gasteiger partial charge in [0.2, 0.25) is 6.79 Å². The quantitative estimate of drug-likeness (QED) is 0.702. The van der Waals surface area contributed by atoms with Crippen LogP contribution in [0.25, 0.3) is 0 Å². The number of para-hydroxylation sites is 1. The fourth-order valence-corrected chi connectivity index (χ4v) is 3.19. The monoisotopic (exact) mass is 386 g/mol. The first-order valence-electron chi connectivity index (χ1n) is 8.17. The molecule has 6 nitrogen and oxygen atoms in total. The van der Waals surface area contributed by atoms with Crippen LogP contribution in [0.2, 0.25) is 0 Å². The van der Waals surface area contributed by atoms with E-state index in [0.717, 1.165) is 5.56 Å². The third-order valence-electron chi connectivity index (χ3n) is 3.86. The maximum atomic E-state index is 13.5. The molecule has 0 aliphatic carbocycles. The number of halogens is 1. The van der Waals surface area contributed by atoms with Gasteiger partial charge in [0.05, 0.1) is 0 Å².